The lowest BCUT2D eigenvalue weighted by Crippen LogP contribution is -2.42. The van der Waals surface area contributed by atoms with Gasteiger partial charge in [0.1, 0.15) is 16.7 Å². The molecule has 1 saturated heterocycles. The molecule has 4 atom stereocenters. The van der Waals surface area contributed by atoms with Crippen LogP contribution in [0.3, 0.4) is 0 Å². The van der Waals surface area contributed by atoms with Gasteiger partial charge in [0, 0.05) is 19.3 Å². The van der Waals surface area contributed by atoms with E-state index in [-0.39, 0.29) is 17.9 Å². The number of likely N-dealkylation sites (tertiary alicyclic amines) is 1. The second-order valence-corrected chi connectivity index (χ2v) is 8.15. The Kier molecular flexibility index (Phi) is 5.32. The zero-order chi connectivity index (χ0) is 19.7. The zero-order valence-corrected chi connectivity index (χ0v) is 16.3. The van der Waals surface area contributed by atoms with Crippen molar-refractivity contribution in [3.8, 4) is 5.75 Å². The molecule has 2 aromatic rings. The van der Waals surface area contributed by atoms with Crippen molar-refractivity contribution in [2.45, 2.75) is 25.0 Å². The summed E-state index contributed by atoms with van der Waals surface area (Å²) in [4.78, 5) is 26.6. The van der Waals surface area contributed by atoms with Gasteiger partial charge in [0.05, 0.1) is 18.8 Å². The van der Waals surface area contributed by atoms with Gasteiger partial charge in [0.25, 0.3) is 5.91 Å². The molecule has 1 aromatic heterocycles. The summed E-state index contributed by atoms with van der Waals surface area (Å²) in [5.41, 5.74) is 0.451. The molecule has 8 heteroatoms. The van der Waals surface area contributed by atoms with E-state index in [0.717, 1.165) is 0 Å². The van der Waals surface area contributed by atoms with E-state index in [0.29, 0.717) is 48.0 Å². The van der Waals surface area contributed by atoms with E-state index in [1.807, 2.05) is 4.90 Å². The smallest absolute Gasteiger partial charge is 0.337 e. The van der Waals surface area contributed by atoms with Crippen LogP contribution in [0.15, 0.2) is 36.5 Å². The van der Waals surface area contributed by atoms with Crippen LogP contribution in [0.5, 0.6) is 5.75 Å². The van der Waals surface area contributed by atoms with Crippen molar-refractivity contribution in [3.63, 3.8) is 0 Å². The molecule has 1 aliphatic carbocycles. The van der Waals surface area contributed by atoms with Crippen LogP contribution < -0.4 is 4.74 Å². The summed E-state index contributed by atoms with van der Waals surface area (Å²) in [5.74, 6) is 0.810. The fourth-order valence-electron chi connectivity index (χ4n) is 4.13. The van der Waals surface area contributed by atoms with Crippen LogP contribution >= 0.6 is 11.5 Å². The number of hydrogen-bond donors (Lipinski definition) is 1. The zero-order valence-electron chi connectivity index (χ0n) is 15.5. The summed E-state index contributed by atoms with van der Waals surface area (Å²) in [5, 5.41) is 10.6. The highest BCUT2D eigenvalue weighted by molar-refractivity contribution is 7.08. The van der Waals surface area contributed by atoms with E-state index in [9.17, 15) is 14.7 Å². The van der Waals surface area contributed by atoms with E-state index in [4.69, 9.17) is 9.47 Å². The number of rotatable bonds is 4. The number of ether oxygens (including phenoxy) is 2. The Morgan fingerprint density at radius 2 is 1.86 bits per heavy atom. The van der Waals surface area contributed by atoms with Crippen molar-refractivity contribution in [2.75, 3.05) is 20.2 Å². The Labute approximate surface area is 167 Å². The van der Waals surface area contributed by atoms with Gasteiger partial charge in [-0.25, -0.2) is 9.17 Å². The highest BCUT2D eigenvalue weighted by atomic mass is 32.1. The molecular weight excluding hydrogens is 380 g/mol. The van der Waals surface area contributed by atoms with Crippen molar-refractivity contribution >= 4 is 23.4 Å². The maximum Gasteiger partial charge on any atom is 0.337 e. The summed E-state index contributed by atoms with van der Waals surface area (Å²) < 4.78 is 14.7. The molecule has 2 aliphatic rings. The number of fused-ring (bicyclic) bond motifs is 1. The largest absolute Gasteiger partial charge is 0.488 e. The number of carbonyl (C=O) groups is 2. The molecule has 1 aliphatic heterocycles. The van der Waals surface area contributed by atoms with Gasteiger partial charge in [0.2, 0.25) is 0 Å². The minimum absolute atomic E-state index is 0.0160. The number of aromatic nitrogens is 1. The molecule has 7 nitrogen and oxygen atoms in total. The van der Waals surface area contributed by atoms with E-state index in [2.05, 4.69) is 4.37 Å². The minimum atomic E-state index is -0.583. The number of nitrogens with zero attached hydrogens (tertiary/aromatic N) is 2. The molecular formula is C20H22N2O5S. The maximum atomic E-state index is 12.6. The lowest BCUT2D eigenvalue weighted by atomic mass is 9.78. The third kappa shape index (κ3) is 3.74. The number of esters is 1. The van der Waals surface area contributed by atoms with Gasteiger partial charge in [-0.15, -0.1) is 0 Å². The number of benzene rings is 1. The normalized spacial score (nSPS) is 26.6. The quantitative estimate of drug-likeness (QED) is 0.789. The highest BCUT2D eigenvalue weighted by Crippen LogP contribution is 2.38. The third-order valence-electron chi connectivity index (χ3n) is 5.58. The van der Waals surface area contributed by atoms with Crippen molar-refractivity contribution < 1.29 is 24.2 Å². The molecule has 0 bridgehead atoms. The van der Waals surface area contributed by atoms with Crippen molar-refractivity contribution in [2.24, 2.45) is 11.8 Å². The lowest BCUT2D eigenvalue weighted by molar-refractivity contribution is -0.0231. The maximum absolute atomic E-state index is 12.6. The summed E-state index contributed by atoms with van der Waals surface area (Å²) in [7, 11) is 1.34. The Balaban J connectivity index is 1.39. The second-order valence-electron chi connectivity index (χ2n) is 7.32. The van der Waals surface area contributed by atoms with Crippen molar-refractivity contribution in [3.05, 3.63) is 47.0 Å². The van der Waals surface area contributed by atoms with Crippen LogP contribution in [0.2, 0.25) is 0 Å². The summed E-state index contributed by atoms with van der Waals surface area (Å²) in [6.07, 6.45) is 2.03. The first-order valence-electron chi connectivity index (χ1n) is 9.28. The Morgan fingerprint density at radius 3 is 2.50 bits per heavy atom. The molecule has 1 N–H and O–H groups in total. The highest BCUT2D eigenvalue weighted by Gasteiger charge is 2.44. The molecule has 0 radical (unpaired) electrons. The molecule has 4 rings (SSSR count). The molecule has 0 spiro atoms. The fourth-order valence-corrected chi connectivity index (χ4v) is 4.69. The van der Waals surface area contributed by atoms with E-state index < -0.39 is 12.1 Å². The Bertz CT molecular complexity index is 839. The average Bonchev–Trinajstić information content (AvgIpc) is 3.37. The minimum Gasteiger partial charge on any atom is -0.488 e. The topological polar surface area (TPSA) is 89.0 Å². The number of carbonyl (C=O) groups excluding carboxylic acids is 2. The third-order valence-corrected chi connectivity index (χ3v) is 6.32. The van der Waals surface area contributed by atoms with Gasteiger partial charge in [-0.1, -0.05) is 0 Å². The summed E-state index contributed by atoms with van der Waals surface area (Å²) in [6.45, 7) is 1.34. The van der Waals surface area contributed by atoms with Gasteiger partial charge in [-0.2, -0.15) is 0 Å². The van der Waals surface area contributed by atoms with Crippen LogP contribution in [0.1, 0.15) is 32.9 Å². The number of aliphatic hydroxyl groups excluding tert-OH is 1. The molecule has 148 valence electrons. The van der Waals surface area contributed by atoms with Gasteiger partial charge < -0.3 is 19.5 Å². The fraction of sp³-hybridized carbons (Fsp3) is 0.450. The first-order valence-corrected chi connectivity index (χ1v) is 10.1. The summed E-state index contributed by atoms with van der Waals surface area (Å²) in [6, 6.07) is 8.45. The average molecular weight is 402 g/mol. The van der Waals surface area contributed by atoms with E-state index in [1.165, 1.54) is 18.6 Å². The molecule has 1 aromatic carbocycles. The van der Waals surface area contributed by atoms with Gasteiger partial charge in [-0.3, -0.25) is 4.79 Å². The molecule has 1 amide bonds. The monoisotopic (exact) mass is 402 g/mol. The number of hydrogen-bond acceptors (Lipinski definition) is 7. The number of methoxy groups -OCH3 is 1. The molecule has 2 heterocycles. The van der Waals surface area contributed by atoms with Crippen LogP contribution in [-0.4, -0.2) is 58.7 Å². The molecule has 2 fully saturated rings. The predicted octanol–water partition coefficient (Wildman–Crippen LogP) is 2.22. The predicted molar refractivity (Wildman–Crippen MR) is 102 cm³/mol. The SMILES string of the molecule is COC(=O)c1ccc(O[C@H]2C[C@@H]3CN(C(=O)c4ccns4)C[C@@H]3C[C@@H]2O)cc1. The van der Waals surface area contributed by atoms with Crippen molar-refractivity contribution in [1.82, 2.24) is 9.27 Å². The first-order chi connectivity index (χ1) is 13.5. The molecule has 1 saturated carbocycles. The standard InChI is InChI=1S/C20H22N2O5S/c1-26-20(25)12-2-4-15(5-3-12)27-17-9-14-11-22(10-13(14)8-16(17)23)19(24)18-6-7-21-28-18/h2-7,13-14,16-17,23H,8-11H2,1H3/t13-,14+,16-,17-/m0/s1. The van der Waals surface area contributed by atoms with Crippen LogP contribution in [0, 0.1) is 11.8 Å². The van der Waals surface area contributed by atoms with Crippen molar-refractivity contribution in [1.29, 1.82) is 0 Å². The second kappa shape index (κ2) is 7.89. The Hall–Kier alpha value is -2.45. The van der Waals surface area contributed by atoms with E-state index in [1.54, 1.807) is 36.5 Å². The van der Waals surface area contributed by atoms with Gasteiger partial charge in [0.15, 0.2) is 0 Å². The van der Waals surface area contributed by atoms with Crippen LogP contribution in [-0.2, 0) is 4.74 Å². The molecule has 28 heavy (non-hydrogen) atoms. The lowest BCUT2D eigenvalue weighted by Gasteiger charge is -2.35. The van der Waals surface area contributed by atoms with Crippen LogP contribution in [0.25, 0.3) is 0 Å². The molecule has 0 unspecified atom stereocenters. The number of amides is 1. The number of aliphatic hydroxyl groups is 1. The van der Waals surface area contributed by atoms with Gasteiger partial charge in [-0.05, 0) is 66.5 Å². The van der Waals surface area contributed by atoms with Gasteiger partial charge >= 0.3 is 5.97 Å². The van der Waals surface area contributed by atoms with Crippen LogP contribution in [0.4, 0.5) is 0 Å². The first kappa shape index (κ1) is 18.9. The summed E-state index contributed by atoms with van der Waals surface area (Å²) >= 11 is 1.21. The Morgan fingerprint density at radius 1 is 1.14 bits per heavy atom. The van der Waals surface area contributed by atoms with E-state index >= 15 is 0 Å².